The van der Waals surface area contributed by atoms with Crippen molar-refractivity contribution in [2.75, 3.05) is 21.0 Å². The molecule has 0 atom stereocenters. The second-order valence-corrected chi connectivity index (χ2v) is 2.40. The van der Waals surface area contributed by atoms with Crippen LogP contribution in [0.3, 0.4) is 0 Å². The summed E-state index contributed by atoms with van der Waals surface area (Å²) < 4.78 is 14.3. The molecule has 0 aliphatic rings. The zero-order chi connectivity index (χ0) is 10.4. The number of hydrogen-bond acceptors (Lipinski definition) is 5. The van der Waals surface area contributed by atoms with Crippen LogP contribution < -0.4 is 4.74 Å². The van der Waals surface area contributed by atoms with Crippen LogP contribution in [0.5, 0.6) is 5.88 Å². The van der Waals surface area contributed by atoms with Gasteiger partial charge in [0.25, 0.3) is 0 Å². The van der Waals surface area contributed by atoms with Gasteiger partial charge >= 0.3 is 5.97 Å². The topological polar surface area (TPSA) is 57.7 Å². The van der Waals surface area contributed by atoms with Gasteiger partial charge in [-0.25, -0.2) is 9.78 Å². The Balaban J connectivity index is 2.73. The van der Waals surface area contributed by atoms with Crippen molar-refractivity contribution in [1.29, 1.82) is 0 Å². The number of hydrogen-bond donors (Lipinski definition) is 0. The molecule has 1 rings (SSSR count). The Kier molecular flexibility index (Phi) is 3.87. The van der Waals surface area contributed by atoms with Crippen molar-refractivity contribution in [3.8, 4) is 5.88 Å². The van der Waals surface area contributed by atoms with Gasteiger partial charge in [-0.2, -0.15) is 0 Å². The number of carbonyl (C=O) groups is 1. The molecule has 0 bridgehead atoms. The molecule has 0 spiro atoms. The number of esters is 1. The summed E-state index contributed by atoms with van der Waals surface area (Å²) in [5, 5.41) is 0. The number of rotatable bonds is 4. The van der Waals surface area contributed by atoms with Gasteiger partial charge in [0, 0.05) is 13.2 Å². The molecule has 0 fully saturated rings. The summed E-state index contributed by atoms with van der Waals surface area (Å²) in [7, 11) is 2.80. The van der Waals surface area contributed by atoms with E-state index in [1.165, 1.54) is 14.2 Å². The predicted octanol–water partition coefficient (Wildman–Crippen LogP) is 0.851. The van der Waals surface area contributed by atoms with Crippen LogP contribution in [0.25, 0.3) is 0 Å². The second-order valence-electron chi connectivity index (χ2n) is 2.40. The lowest BCUT2D eigenvalue weighted by Crippen LogP contribution is -2.06. The fourth-order valence-corrected chi connectivity index (χ4v) is 0.833. The molecule has 0 radical (unpaired) electrons. The van der Waals surface area contributed by atoms with Crippen molar-refractivity contribution < 1.29 is 19.0 Å². The van der Waals surface area contributed by atoms with E-state index in [-0.39, 0.29) is 12.5 Å². The van der Waals surface area contributed by atoms with Gasteiger partial charge in [0.2, 0.25) is 5.88 Å². The normalized spacial score (nSPS) is 9.57. The SMILES string of the molecule is COCOc1cccc(C(=O)OC)n1. The van der Waals surface area contributed by atoms with E-state index in [0.29, 0.717) is 5.88 Å². The zero-order valence-electron chi connectivity index (χ0n) is 8.02. The molecule has 0 aliphatic carbocycles. The van der Waals surface area contributed by atoms with Crippen molar-refractivity contribution in [3.05, 3.63) is 23.9 Å². The molecule has 1 aromatic rings. The van der Waals surface area contributed by atoms with Crippen LogP contribution in [0, 0.1) is 0 Å². The minimum atomic E-state index is -0.493. The van der Waals surface area contributed by atoms with Crippen molar-refractivity contribution in [2.45, 2.75) is 0 Å². The molecule has 0 aliphatic heterocycles. The largest absolute Gasteiger partial charge is 0.464 e. The van der Waals surface area contributed by atoms with E-state index in [1.54, 1.807) is 18.2 Å². The molecule has 76 valence electrons. The molecule has 5 nitrogen and oxygen atoms in total. The molecular formula is C9H11NO4. The summed E-state index contributed by atoms with van der Waals surface area (Å²) in [5.74, 6) is -0.164. The molecule has 5 heteroatoms. The zero-order valence-corrected chi connectivity index (χ0v) is 8.02. The third-order valence-corrected chi connectivity index (χ3v) is 1.44. The van der Waals surface area contributed by atoms with Crippen LogP contribution in [-0.4, -0.2) is 32.0 Å². The number of nitrogens with zero attached hydrogens (tertiary/aromatic N) is 1. The maximum absolute atomic E-state index is 11.1. The Bertz CT molecular complexity index is 313. The van der Waals surface area contributed by atoms with E-state index in [9.17, 15) is 4.79 Å². The maximum Gasteiger partial charge on any atom is 0.356 e. The van der Waals surface area contributed by atoms with Gasteiger partial charge in [-0.3, -0.25) is 0 Å². The molecule has 1 heterocycles. The van der Waals surface area contributed by atoms with Crippen LogP contribution in [0.2, 0.25) is 0 Å². The fourth-order valence-electron chi connectivity index (χ4n) is 0.833. The molecule has 0 saturated heterocycles. The van der Waals surface area contributed by atoms with Gasteiger partial charge in [-0.1, -0.05) is 6.07 Å². The Hall–Kier alpha value is -1.62. The van der Waals surface area contributed by atoms with Crippen molar-refractivity contribution in [2.24, 2.45) is 0 Å². The quantitative estimate of drug-likeness (QED) is 0.529. The van der Waals surface area contributed by atoms with Crippen LogP contribution in [0.1, 0.15) is 10.5 Å². The van der Waals surface area contributed by atoms with E-state index < -0.39 is 5.97 Å². The summed E-state index contributed by atoms with van der Waals surface area (Å²) in [6.45, 7) is 0.0949. The first kappa shape index (κ1) is 10.5. The van der Waals surface area contributed by atoms with Crippen molar-refractivity contribution >= 4 is 5.97 Å². The average molecular weight is 197 g/mol. The van der Waals surface area contributed by atoms with Gasteiger partial charge in [0.1, 0.15) is 0 Å². The molecule has 0 N–H and O–H groups in total. The molecule has 1 aromatic heterocycles. The Morgan fingerprint density at radius 1 is 1.43 bits per heavy atom. The van der Waals surface area contributed by atoms with E-state index in [1.807, 2.05) is 0 Å². The highest BCUT2D eigenvalue weighted by molar-refractivity contribution is 5.87. The van der Waals surface area contributed by atoms with Crippen LogP contribution in [0.4, 0.5) is 0 Å². The summed E-state index contributed by atoms with van der Waals surface area (Å²) in [6.07, 6.45) is 0. The molecule has 0 saturated carbocycles. The summed E-state index contributed by atoms with van der Waals surface area (Å²) in [4.78, 5) is 15.0. The third-order valence-electron chi connectivity index (χ3n) is 1.44. The number of methoxy groups -OCH3 is 2. The monoisotopic (exact) mass is 197 g/mol. The minimum absolute atomic E-state index is 0.0949. The Morgan fingerprint density at radius 2 is 2.21 bits per heavy atom. The smallest absolute Gasteiger partial charge is 0.356 e. The third kappa shape index (κ3) is 2.70. The summed E-state index contributed by atoms with van der Waals surface area (Å²) in [6, 6.07) is 4.83. The Morgan fingerprint density at radius 3 is 2.86 bits per heavy atom. The van der Waals surface area contributed by atoms with E-state index >= 15 is 0 Å². The number of ether oxygens (including phenoxy) is 3. The number of carbonyl (C=O) groups excluding carboxylic acids is 1. The van der Waals surface area contributed by atoms with Crippen LogP contribution >= 0.6 is 0 Å². The lowest BCUT2D eigenvalue weighted by molar-refractivity contribution is 0.0465. The van der Waals surface area contributed by atoms with Gasteiger partial charge in [0.05, 0.1) is 7.11 Å². The average Bonchev–Trinajstić information content (AvgIpc) is 2.25. The molecular weight excluding hydrogens is 186 g/mol. The van der Waals surface area contributed by atoms with Crippen LogP contribution in [-0.2, 0) is 9.47 Å². The van der Waals surface area contributed by atoms with E-state index in [2.05, 4.69) is 9.72 Å². The second kappa shape index (κ2) is 5.18. The highest BCUT2D eigenvalue weighted by Gasteiger charge is 2.07. The number of aromatic nitrogens is 1. The molecule has 0 aromatic carbocycles. The molecule has 0 amide bonds. The minimum Gasteiger partial charge on any atom is -0.464 e. The van der Waals surface area contributed by atoms with Gasteiger partial charge < -0.3 is 14.2 Å². The maximum atomic E-state index is 11.1. The molecule has 0 unspecified atom stereocenters. The van der Waals surface area contributed by atoms with Gasteiger partial charge in [0.15, 0.2) is 12.5 Å². The van der Waals surface area contributed by atoms with E-state index in [4.69, 9.17) is 9.47 Å². The van der Waals surface area contributed by atoms with Crippen LogP contribution in [0.15, 0.2) is 18.2 Å². The fraction of sp³-hybridized carbons (Fsp3) is 0.333. The lowest BCUT2D eigenvalue weighted by atomic mass is 10.3. The first-order valence-corrected chi connectivity index (χ1v) is 3.95. The highest BCUT2D eigenvalue weighted by atomic mass is 16.7. The summed E-state index contributed by atoms with van der Waals surface area (Å²) >= 11 is 0. The highest BCUT2D eigenvalue weighted by Crippen LogP contribution is 2.08. The van der Waals surface area contributed by atoms with Gasteiger partial charge in [-0.05, 0) is 6.07 Å². The predicted molar refractivity (Wildman–Crippen MR) is 48.1 cm³/mol. The Labute approximate surface area is 81.6 Å². The lowest BCUT2D eigenvalue weighted by Gasteiger charge is -2.04. The van der Waals surface area contributed by atoms with Crippen molar-refractivity contribution in [3.63, 3.8) is 0 Å². The first-order chi connectivity index (χ1) is 6.77. The standard InChI is InChI=1S/C9H11NO4/c1-12-6-14-8-5-3-4-7(10-8)9(11)13-2/h3-5H,6H2,1-2H3. The molecule has 14 heavy (non-hydrogen) atoms. The van der Waals surface area contributed by atoms with Crippen molar-refractivity contribution in [1.82, 2.24) is 4.98 Å². The summed E-state index contributed by atoms with van der Waals surface area (Å²) in [5.41, 5.74) is 0.209. The number of pyridine rings is 1. The van der Waals surface area contributed by atoms with E-state index in [0.717, 1.165) is 0 Å². The first-order valence-electron chi connectivity index (χ1n) is 3.95. The van der Waals surface area contributed by atoms with Gasteiger partial charge in [-0.15, -0.1) is 0 Å².